The van der Waals surface area contributed by atoms with E-state index in [-0.39, 0.29) is 12.0 Å². The number of carboxylic acids is 1. The number of aromatic carboxylic acids is 1. The molecule has 1 aromatic rings. The van der Waals surface area contributed by atoms with Crippen LogP contribution in [0.5, 0.6) is 0 Å². The van der Waals surface area contributed by atoms with Crippen LogP contribution in [0.25, 0.3) is 0 Å². The van der Waals surface area contributed by atoms with Gasteiger partial charge in [-0.1, -0.05) is 0 Å². The Bertz CT molecular complexity index is 387. The van der Waals surface area contributed by atoms with Crippen LogP contribution >= 0.6 is 0 Å². The molecule has 18 heavy (non-hydrogen) atoms. The van der Waals surface area contributed by atoms with E-state index >= 15 is 0 Å². The van der Waals surface area contributed by atoms with Crippen molar-refractivity contribution in [3.05, 3.63) is 29.8 Å². The Morgan fingerprint density at radius 1 is 1.17 bits per heavy atom. The van der Waals surface area contributed by atoms with Crippen LogP contribution in [0.3, 0.4) is 0 Å². The van der Waals surface area contributed by atoms with Crippen LogP contribution in [0.15, 0.2) is 24.3 Å². The number of halogens is 3. The molecule has 0 atom stereocenters. The monoisotopic (exact) mass is 261 g/mol. The van der Waals surface area contributed by atoms with Crippen molar-refractivity contribution < 1.29 is 23.1 Å². The van der Waals surface area contributed by atoms with Gasteiger partial charge in [0.25, 0.3) is 0 Å². The standard InChI is InChI=1S/C12H14F3NO2/c13-12(14,15)7-1-2-8-16-10-5-3-9(4-6-10)11(17)18/h3-6,16H,1-2,7-8H2,(H,17,18). The minimum Gasteiger partial charge on any atom is -0.478 e. The first-order chi connectivity index (χ1) is 8.38. The van der Waals surface area contributed by atoms with E-state index in [0.717, 1.165) is 0 Å². The van der Waals surface area contributed by atoms with Gasteiger partial charge in [-0.2, -0.15) is 13.2 Å². The van der Waals surface area contributed by atoms with Gasteiger partial charge in [-0.05, 0) is 37.1 Å². The van der Waals surface area contributed by atoms with Crippen LogP contribution in [0.1, 0.15) is 29.6 Å². The molecule has 0 heterocycles. The van der Waals surface area contributed by atoms with Crippen LogP contribution in [-0.4, -0.2) is 23.8 Å². The molecule has 0 radical (unpaired) electrons. The van der Waals surface area contributed by atoms with E-state index in [1.807, 2.05) is 0 Å². The van der Waals surface area contributed by atoms with E-state index in [0.29, 0.717) is 18.7 Å². The number of carboxylic acid groups (broad SMARTS) is 1. The lowest BCUT2D eigenvalue weighted by molar-refractivity contribution is -0.135. The van der Waals surface area contributed by atoms with Gasteiger partial charge >= 0.3 is 12.1 Å². The summed E-state index contributed by atoms with van der Waals surface area (Å²) in [4.78, 5) is 10.6. The van der Waals surface area contributed by atoms with E-state index in [1.165, 1.54) is 12.1 Å². The highest BCUT2D eigenvalue weighted by molar-refractivity contribution is 5.87. The van der Waals surface area contributed by atoms with Crippen molar-refractivity contribution in [3.8, 4) is 0 Å². The first-order valence-electron chi connectivity index (χ1n) is 5.52. The lowest BCUT2D eigenvalue weighted by atomic mass is 10.2. The predicted molar refractivity (Wildman–Crippen MR) is 61.8 cm³/mol. The number of nitrogens with one attached hydrogen (secondary N) is 1. The van der Waals surface area contributed by atoms with Crippen LogP contribution < -0.4 is 5.32 Å². The highest BCUT2D eigenvalue weighted by atomic mass is 19.4. The first kappa shape index (κ1) is 14.3. The Balaban J connectivity index is 2.25. The molecule has 3 nitrogen and oxygen atoms in total. The number of benzene rings is 1. The molecule has 0 fully saturated rings. The van der Waals surface area contributed by atoms with Crippen LogP contribution in [0.4, 0.5) is 18.9 Å². The summed E-state index contributed by atoms with van der Waals surface area (Å²) in [5.74, 6) is -1.01. The fourth-order valence-corrected chi connectivity index (χ4v) is 1.41. The molecule has 0 aliphatic carbocycles. The van der Waals surface area contributed by atoms with Crippen molar-refractivity contribution in [2.24, 2.45) is 0 Å². The molecule has 0 aliphatic rings. The number of hydrogen-bond acceptors (Lipinski definition) is 2. The Labute approximate surface area is 103 Å². The topological polar surface area (TPSA) is 49.3 Å². The normalized spacial score (nSPS) is 11.3. The van der Waals surface area contributed by atoms with Crippen LogP contribution in [0, 0.1) is 0 Å². The van der Waals surface area contributed by atoms with E-state index in [4.69, 9.17) is 5.11 Å². The number of anilines is 1. The van der Waals surface area contributed by atoms with Crippen molar-refractivity contribution in [2.45, 2.75) is 25.4 Å². The summed E-state index contributed by atoms with van der Waals surface area (Å²) in [7, 11) is 0. The third-order valence-corrected chi connectivity index (χ3v) is 2.35. The number of unbranched alkanes of at least 4 members (excludes halogenated alkanes) is 1. The molecule has 2 N–H and O–H groups in total. The maximum absolute atomic E-state index is 11.8. The fraction of sp³-hybridized carbons (Fsp3) is 0.417. The highest BCUT2D eigenvalue weighted by Crippen LogP contribution is 2.22. The molecule has 0 unspecified atom stereocenters. The third kappa shape index (κ3) is 5.56. The fourth-order valence-electron chi connectivity index (χ4n) is 1.41. The van der Waals surface area contributed by atoms with E-state index in [1.54, 1.807) is 12.1 Å². The van der Waals surface area contributed by atoms with E-state index < -0.39 is 18.6 Å². The smallest absolute Gasteiger partial charge is 0.389 e. The summed E-state index contributed by atoms with van der Waals surface area (Å²) in [5.41, 5.74) is 0.879. The van der Waals surface area contributed by atoms with Gasteiger partial charge in [-0.3, -0.25) is 0 Å². The van der Waals surface area contributed by atoms with Crippen molar-refractivity contribution in [2.75, 3.05) is 11.9 Å². The number of alkyl halides is 3. The van der Waals surface area contributed by atoms with Gasteiger partial charge in [-0.25, -0.2) is 4.79 Å². The molecular weight excluding hydrogens is 247 g/mol. The highest BCUT2D eigenvalue weighted by Gasteiger charge is 2.25. The molecule has 0 bridgehead atoms. The quantitative estimate of drug-likeness (QED) is 0.770. The van der Waals surface area contributed by atoms with E-state index in [9.17, 15) is 18.0 Å². The second kappa shape index (κ2) is 6.28. The molecule has 0 spiro atoms. The summed E-state index contributed by atoms with van der Waals surface area (Å²) in [6.07, 6.45) is -4.36. The Morgan fingerprint density at radius 3 is 2.28 bits per heavy atom. The summed E-state index contributed by atoms with van der Waals surface area (Å²) in [6, 6.07) is 6.07. The molecule has 0 aromatic heterocycles. The summed E-state index contributed by atoms with van der Waals surface area (Å²) in [5, 5.41) is 11.6. The summed E-state index contributed by atoms with van der Waals surface area (Å²) < 4.78 is 35.5. The minimum absolute atomic E-state index is 0.0870. The van der Waals surface area contributed by atoms with Gasteiger partial charge in [0.15, 0.2) is 0 Å². The number of hydrogen-bond donors (Lipinski definition) is 2. The van der Waals surface area contributed by atoms with Gasteiger partial charge < -0.3 is 10.4 Å². The minimum atomic E-state index is -4.09. The summed E-state index contributed by atoms with van der Waals surface area (Å²) in [6.45, 7) is 0.433. The second-order valence-corrected chi connectivity index (χ2v) is 3.88. The molecule has 0 amide bonds. The molecule has 6 heteroatoms. The zero-order valence-electron chi connectivity index (χ0n) is 9.63. The van der Waals surface area contributed by atoms with Gasteiger partial charge in [0.1, 0.15) is 0 Å². The van der Waals surface area contributed by atoms with Gasteiger partial charge in [-0.15, -0.1) is 0 Å². The Morgan fingerprint density at radius 2 is 1.78 bits per heavy atom. The van der Waals surface area contributed by atoms with Crippen molar-refractivity contribution in [1.29, 1.82) is 0 Å². The molecule has 0 saturated carbocycles. The SMILES string of the molecule is O=C(O)c1ccc(NCCCCC(F)(F)F)cc1. The van der Waals surface area contributed by atoms with Crippen molar-refractivity contribution in [1.82, 2.24) is 0 Å². The average molecular weight is 261 g/mol. The van der Waals surface area contributed by atoms with Crippen LogP contribution in [0.2, 0.25) is 0 Å². The second-order valence-electron chi connectivity index (χ2n) is 3.88. The lowest BCUT2D eigenvalue weighted by Gasteiger charge is -2.08. The average Bonchev–Trinajstić information content (AvgIpc) is 2.27. The third-order valence-electron chi connectivity index (χ3n) is 2.35. The summed E-state index contributed by atoms with van der Waals surface area (Å²) >= 11 is 0. The van der Waals surface area contributed by atoms with E-state index in [2.05, 4.69) is 5.32 Å². The van der Waals surface area contributed by atoms with Gasteiger partial charge in [0.05, 0.1) is 5.56 Å². The molecule has 0 saturated heterocycles. The zero-order chi connectivity index (χ0) is 13.6. The Hall–Kier alpha value is -1.72. The molecule has 0 aliphatic heterocycles. The van der Waals surface area contributed by atoms with Crippen LogP contribution in [-0.2, 0) is 0 Å². The maximum atomic E-state index is 11.8. The maximum Gasteiger partial charge on any atom is 0.389 e. The lowest BCUT2D eigenvalue weighted by Crippen LogP contribution is -2.08. The predicted octanol–water partition coefficient (Wildman–Crippen LogP) is 3.53. The molecule has 1 aromatic carbocycles. The van der Waals surface area contributed by atoms with Crippen molar-refractivity contribution >= 4 is 11.7 Å². The van der Waals surface area contributed by atoms with Gasteiger partial charge in [0.2, 0.25) is 0 Å². The molecule has 100 valence electrons. The Kier molecular flexibility index (Phi) is 5.00. The largest absolute Gasteiger partial charge is 0.478 e. The molecular formula is C12H14F3NO2. The molecule has 1 rings (SSSR count). The zero-order valence-corrected chi connectivity index (χ0v) is 9.63. The number of rotatable bonds is 6. The van der Waals surface area contributed by atoms with Crippen molar-refractivity contribution in [3.63, 3.8) is 0 Å². The van der Waals surface area contributed by atoms with Gasteiger partial charge in [0, 0.05) is 18.7 Å². The first-order valence-corrected chi connectivity index (χ1v) is 5.52. The number of carbonyl (C=O) groups is 1.